The molecule has 94 valence electrons. The van der Waals surface area contributed by atoms with Crippen LogP contribution in [0, 0.1) is 17.2 Å². The van der Waals surface area contributed by atoms with Crippen LogP contribution in [0.3, 0.4) is 0 Å². The highest BCUT2D eigenvalue weighted by Gasteiger charge is 2.27. The van der Waals surface area contributed by atoms with Gasteiger partial charge in [-0.3, -0.25) is 9.59 Å². The normalized spacial score (nSPS) is 23.7. The van der Waals surface area contributed by atoms with Crippen molar-refractivity contribution >= 4 is 23.6 Å². The Morgan fingerprint density at radius 3 is 2.88 bits per heavy atom. The minimum absolute atomic E-state index is 0.0277. The van der Waals surface area contributed by atoms with E-state index in [1.165, 1.54) is 11.8 Å². The van der Waals surface area contributed by atoms with Crippen LogP contribution in [0.25, 0.3) is 0 Å². The number of hydrogen-bond donors (Lipinski definition) is 2. The quantitative estimate of drug-likeness (QED) is 0.716. The number of carbonyl (C=O) groups is 2. The second kappa shape index (κ2) is 7.17. The van der Waals surface area contributed by atoms with Gasteiger partial charge < -0.3 is 10.4 Å². The summed E-state index contributed by atoms with van der Waals surface area (Å²) in [6.45, 7) is 0. The first kappa shape index (κ1) is 13.8. The standard InChI is InChI=1S/C11H16N2O3S/c12-4-5-17-7-10(14)13-9-3-1-2-8(6-9)11(15)16/h8-9H,1-3,5-7H2,(H,13,14)(H,15,16). The highest BCUT2D eigenvalue weighted by molar-refractivity contribution is 8.00. The molecule has 0 radical (unpaired) electrons. The van der Waals surface area contributed by atoms with E-state index >= 15 is 0 Å². The second-order valence-electron chi connectivity index (χ2n) is 4.12. The zero-order valence-electron chi connectivity index (χ0n) is 9.52. The van der Waals surface area contributed by atoms with E-state index in [0.717, 1.165) is 12.8 Å². The molecular formula is C11H16N2O3S. The fourth-order valence-corrected chi connectivity index (χ4v) is 2.47. The van der Waals surface area contributed by atoms with Crippen molar-refractivity contribution in [2.75, 3.05) is 11.5 Å². The van der Waals surface area contributed by atoms with Gasteiger partial charge in [-0.25, -0.2) is 0 Å². The van der Waals surface area contributed by atoms with Crippen LogP contribution in [0.2, 0.25) is 0 Å². The average molecular weight is 256 g/mol. The van der Waals surface area contributed by atoms with Crippen molar-refractivity contribution in [3.05, 3.63) is 0 Å². The highest BCUT2D eigenvalue weighted by atomic mass is 32.2. The summed E-state index contributed by atoms with van der Waals surface area (Å²) >= 11 is 1.27. The fraction of sp³-hybridized carbons (Fsp3) is 0.727. The number of carboxylic acid groups (broad SMARTS) is 1. The molecule has 0 spiro atoms. The molecule has 1 fully saturated rings. The van der Waals surface area contributed by atoms with Gasteiger partial charge in [0.2, 0.25) is 5.91 Å². The number of carbonyl (C=O) groups excluding carboxylic acids is 1. The highest BCUT2D eigenvalue weighted by Crippen LogP contribution is 2.24. The summed E-state index contributed by atoms with van der Waals surface area (Å²) in [7, 11) is 0. The molecule has 1 rings (SSSR count). The zero-order chi connectivity index (χ0) is 12.7. The maximum atomic E-state index is 11.5. The molecular weight excluding hydrogens is 240 g/mol. The van der Waals surface area contributed by atoms with Gasteiger partial charge in [0.1, 0.15) is 0 Å². The van der Waals surface area contributed by atoms with E-state index in [-0.39, 0.29) is 23.6 Å². The van der Waals surface area contributed by atoms with E-state index in [4.69, 9.17) is 10.4 Å². The Labute approximate surface area is 105 Å². The van der Waals surface area contributed by atoms with Crippen LogP contribution < -0.4 is 5.32 Å². The molecule has 2 unspecified atom stereocenters. The predicted octanol–water partition coefficient (Wildman–Crippen LogP) is 1.00. The van der Waals surface area contributed by atoms with Crippen LogP contribution in [0.4, 0.5) is 0 Å². The van der Waals surface area contributed by atoms with Crippen LogP contribution in [0.1, 0.15) is 25.7 Å². The molecule has 0 aromatic carbocycles. The van der Waals surface area contributed by atoms with E-state index in [1.54, 1.807) is 0 Å². The average Bonchev–Trinajstić information content (AvgIpc) is 2.29. The number of nitrogens with zero attached hydrogens (tertiary/aromatic N) is 1. The van der Waals surface area contributed by atoms with Crippen molar-refractivity contribution in [3.8, 4) is 6.07 Å². The van der Waals surface area contributed by atoms with E-state index in [0.29, 0.717) is 18.6 Å². The maximum absolute atomic E-state index is 11.5. The third-order valence-electron chi connectivity index (χ3n) is 2.79. The van der Waals surface area contributed by atoms with Crippen molar-refractivity contribution in [1.29, 1.82) is 5.26 Å². The van der Waals surface area contributed by atoms with E-state index in [9.17, 15) is 9.59 Å². The number of nitriles is 1. The summed E-state index contributed by atoms with van der Waals surface area (Å²) in [5.41, 5.74) is 0. The minimum atomic E-state index is -0.775. The largest absolute Gasteiger partial charge is 0.481 e. The van der Waals surface area contributed by atoms with Gasteiger partial charge in [-0.15, -0.1) is 11.8 Å². The van der Waals surface area contributed by atoms with Crippen molar-refractivity contribution in [2.24, 2.45) is 5.92 Å². The molecule has 0 saturated heterocycles. The Kier molecular flexibility index (Phi) is 5.84. The molecule has 0 heterocycles. The Balaban J connectivity index is 2.28. The number of aliphatic carboxylic acids is 1. The molecule has 0 aromatic rings. The fourth-order valence-electron chi connectivity index (χ4n) is 2.00. The summed E-state index contributed by atoms with van der Waals surface area (Å²) in [5.74, 6) is -0.651. The van der Waals surface area contributed by atoms with Crippen molar-refractivity contribution in [3.63, 3.8) is 0 Å². The number of rotatable bonds is 5. The minimum Gasteiger partial charge on any atom is -0.481 e. The van der Waals surface area contributed by atoms with Gasteiger partial charge in [-0.1, -0.05) is 6.42 Å². The first-order valence-corrected chi connectivity index (χ1v) is 6.75. The molecule has 17 heavy (non-hydrogen) atoms. The lowest BCUT2D eigenvalue weighted by Crippen LogP contribution is -2.40. The van der Waals surface area contributed by atoms with E-state index in [1.807, 2.05) is 6.07 Å². The third kappa shape index (κ3) is 5.09. The summed E-state index contributed by atoms with van der Waals surface area (Å²) in [4.78, 5) is 22.3. The van der Waals surface area contributed by atoms with Crippen LogP contribution in [-0.4, -0.2) is 34.5 Å². The van der Waals surface area contributed by atoms with Crippen molar-refractivity contribution < 1.29 is 14.7 Å². The van der Waals surface area contributed by atoms with Crippen LogP contribution in [0.5, 0.6) is 0 Å². The van der Waals surface area contributed by atoms with Gasteiger partial charge in [0.05, 0.1) is 23.5 Å². The lowest BCUT2D eigenvalue weighted by atomic mass is 9.86. The van der Waals surface area contributed by atoms with Crippen LogP contribution >= 0.6 is 11.8 Å². The lowest BCUT2D eigenvalue weighted by molar-refractivity contribution is -0.143. The molecule has 0 aromatic heterocycles. The summed E-state index contributed by atoms with van der Waals surface area (Å²) in [6, 6.07) is 1.93. The van der Waals surface area contributed by atoms with Gasteiger partial charge in [0, 0.05) is 6.04 Å². The Hall–Kier alpha value is -1.22. The second-order valence-corrected chi connectivity index (χ2v) is 5.10. The number of amides is 1. The molecule has 6 heteroatoms. The Morgan fingerprint density at radius 2 is 2.24 bits per heavy atom. The number of thioether (sulfide) groups is 1. The Morgan fingerprint density at radius 1 is 1.47 bits per heavy atom. The maximum Gasteiger partial charge on any atom is 0.306 e. The summed E-state index contributed by atoms with van der Waals surface area (Å²) < 4.78 is 0. The molecule has 1 aliphatic carbocycles. The molecule has 1 saturated carbocycles. The van der Waals surface area contributed by atoms with Gasteiger partial charge >= 0.3 is 5.97 Å². The molecule has 5 nitrogen and oxygen atoms in total. The number of hydrogen-bond acceptors (Lipinski definition) is 4. The van der Waals surface area contributed by atoms with Crippen molar-refractivity contribution in [1.82, 2.24) is 5.32 Å². The van der Waals surface area contributed by atoms with Gasteiger partial charge in [0.15, 0.2) is 0 Å². The third-order valence-corrected chi connectivity index (χ3v) is 3.59. The van der Waals surface area contributed by atoms with Crippen LogP contribution in [0.15, 0.2) is 0 Å². The molecule has 0 aliphatic heterocycles. The van der Waals surface area contributed by atoms with E-state index < -0.39 is 5.97 Å². The lowest BCUT2D eigenvalue weighted by Gasteiger charge is -2.27. The summed E-state index contributed by atoms with van der Waals surface area (Å²) in [5, 5.41) is 20.1. The summed E-state index contributed by atoms with van der Waals surface area (Å²) in [6.07, 6.45) is 2.90. The molecule has 2 atom stereocenters. The molecule has 1 aliphatic rings. The smallest absolute Gasteiger partial charge is 0.306 e. The van der Waals surface area contributed by atoms with Crippen LogP contribution in [-0.2, 0) is 9.59 Å². The van der Waals surface area contributed by atoms with Gasteiger partial charge in [-0.05, 0) is 19.3 Å². The zero-order valence-corrected chi connectivity index (χ0v) is 10.3. The molecule has 2 N–H and O–H groups in total. The molecule has 1 amide bonds. The number of carboxylic acids is 1. The van der Waals surface area contributed by atoms with Gasteiger partial charge in [0.25, 0.3) is 0 Å². The van der Waals surface area contributed by atoms with E-state index in [2.05, 4.69) is 5.32 Å². The SMILES string of the molecule is N#CCSCC(=O)NC1CCCC(C(=O)O)C1. The first-order valence-electron chi connectivity index (χ1n) is 5.60. The number of nitrogens with one attached hydrogen (secondary N) is 1. The monoisotopic (exact) mass is 256 g/mol. The Bertz CT molecular complexity index is 327. The topological polar surface area (TPSA) is 90.2 Å². The predicted molar refractivity (Wildman–Crippen MR) is 64.5 cm³/mol. The first-order chi connectivity index (χ1) is 8.13. The van der Waals surface area contributed by atoms with Crippen molar-refractivity contribution in [2.45, 2.75) is 31.7 Å². The molecule has 0 bridgehead atoms. The van der Waals surface area contributed by atoms with Gasteiger partial charge in [-0.2, -0.15) is 5.26 Å².